The third kappa shape index (κ3) is 2.22. The van der Waals surface area contributed by atoms with Crippen LogP contribution in [0.25, 0.3) is 0 Å². The monoisotopic (exact) mass is 173 g/mol. The van der Waals surface area contributed by atoms with Gasteiger partial charge in [0.05, 0.1) is 0 Å². The number of hydrogen-bond donors (Lipinski definition) is 0. The number of carbonyl (C=O) groups is 1. The van der Waals surface area contributed by atoms with Crippen molar-refractivity contribution in [1.82, 2.24) is 0 Å². The smallest absolute Gasteiger partial charge is 0.337 e. The first kappa shape index (κ1) is 8.59. The lowest BCUT2D eigenvalue weighted by atomic mass is 10.2. The summed E-state index contributed by atoms with van der Waals surface area (Å²) >= 11 is 1.71. The van der Waals surface area contributed by atoms with Crippen LogP contribution in [0.15, 0.2) is 4.99 Å². The number of rotatable bonds is 3. The van der Waals surface area contributed by atoms with Crippen LogP contribution in [0.2, 0.25) is 0 Å². The van der Waals surface area contributed by atoms with E-state index in [0.29, 0.717) is 5.90 Å². The number of esters is 1. The maximum Gasteiger partial charge on any atom is 0.337 e. The fraction of sp³-hybridized carbons (Fsp3) is 0.714. The number of hydrogen-bond acceptors (Lipinski definition) is 4. The van der Waals surface area contributed by atoms with Gasteiger partial charge in [-0.25, -0.2) is 9.79 Å². The second-order valence-corrected chi connectivity index (χ2v) is 3.35. The molecule has 62 valence electrons. The lowest BCUT2D eigenvalue weighted by Gasteiger charge is -1.99. The average molecular weight is 173 g/mol. The van der Waals surface area contributed by atoms with Crippen LogP contribution in [-0.4, -0.2) is 29.9 Å². The van der Waals surface area contributed by atoms with Crippen LogP contribution in [-0.2, 0) is 9.53 Å². The topological polar surface area (TPSA) is 38.7 Å². The van der Waals surface area contributed by atoms with Gasteiger partial charge in [-0.05, 0) is 18.4 Å². The van der Waals surface area contributed by atoms with E-state index in [4.69, 9.17) is 4.74 Å². The number of carbonyl (C=O) groups excluding carboxylic acids is 1. The van der Waals surface area contributed by atoms with E-state index in [2.05, 4.69) is 4.99 Å². The van der Waals surface area contributed by atoms with Crippen LogP contribution >= 0.6 is 11.8 Å². The second-order valence-electron chi connectivity index (χ2n) is 2.37. The standard InChI is InChI=1S/C7H11NO2S/c1-5-8-6(3-4-11-2)7(9)10-5/h6H,3-4H2,1-2H3. The van der Waals surface area contributed by atoms with Crippen molar-refractivity contribution in [2.45, 2.75) is 19.4 Å². The summed E-state index contributed by atoms with van der Waals surface area (Å²) in [5.41, 5.74) is 0. The molecule has 11 heavy (non-hydrogen) atoms. The van der Waals surface area contributed by atoms with Gasteiger partial charge in [0.25, 0.3) is 0 Å². The van der Waals surface area contributed by atoms with Gasteiger partial charge in [0.1, 0.15) is 0 Å². The average Bonchev–Trinajstić information content (AvgIpc) is 2.26. The maximum atomic E-state index is 10.9. The molecule has 0 radical (unpaired) electrons. The molecular weight excluding hydrogens is 162 g/mol. The van der Waals surface area contributed by atoms with Gasteiger partial charge in [-0.3, -0.25) is 0 Å². The van der Waals surface area contributed by atoms with Crippen molar-refractivity contribution in [1.29, 1.82) is 0 Å². The largest absolute Gasteiger partial charge is 0.411 e. The Kier molecular flexibility index (Phi) is 2.93. The van der Waals surface area contributed by atoms with E-state index in [1.54, 1.807) is 18.7 Å². The molecule has 1 heterocycles. The molecule has 0 saturated carbocycles. The van der Waals surface area contributed by atoms with Crippen LogP contribution in [0.4, 0.5) is 0 Å². The molecule has 1 aliphatic heterocycles. The molecule has 0 aromatic rings. The minimum absolute atomic E-state index is 0.198. The molecular formula is C7H11NO2S. The van der Waals surface area contributed by atoms with Gasteiger partial charge >= 0.3 is 5.97 Å². The Morgan fingerprint density at radius 2 is 2.45 bits per heavy atom. The van der Waals surface area contributed by atoms with Crippen LogP contribution in [0.1, 0.15) is 13.3 Å². The maximum absolute atomic E-state index is 10.9. The number of aliphatic imine (C=N–C) groups is 1. The molecule has 0 N–H and O–H groups in total. The number of cyclic esters (lactones) is 1. The lowest BCUT2D eigenvalue weighted by molar-refractivity contribution is -0.135. The van der Waals surface area contributed by atoms with Gasteiger partial charge in [0.2, 0.25) is 0 Å². The summed E-state index contributed by atoms with van der Waals surface area (Å²) in [7, 11) is 0. The minimum atomic E-state index is -0.234. The third-order valence-corrected chi connectivity index (χ3v) is 2.10. The predicted molar refractivity (Wildman–Crippen MR) is 46.0 cm³/mol. The molecule has 1 aliphatic rings. The van der Waals surface area contributed by atoms with Crippen LogP contribution in [0.3, 0.4) is 0 Å². The number of ether oxygens (including phenoxy) is 1. The van der Waals surface area contributed by atoms with Crippen molar-refractivity contribution in [2.75, 3.05) is 12.0 Å². The minimum Gasteiger partial charge on any atom is -0.411 e. The molecule has 1 atom stereocenters. The summed E-state index contributed by atoms with van der Waals surface area (Å²) in [5, 5.41) is 0. The molecule has 3 nitrogen and oxygen atoms in total. The third-order valence-electron chi connectivity index (χ3n) is 1.45. The summed E-state index contributed by atoms with van der Waals surface area (Å²) in [5.74, 6) is 1.26. The SMILES string of the molecule is CSCCC1N=C(C)OC1=O. The summed E-state index contributed by atoms with van der Waals surface area (Å²) in [6.07, 6.45) is 2.80. The summed E-state index contributed by atoms with van der Waals surface area (Å²) in [6, 6.07) is -0.234. The zero-order valence-corrected chi connectivity index (χ0v) is 7.48. The van der Waals surface area contributed by atoms with E-state index < -0.39 is 0 Å². The Morgan fingerprint density at radius 3 is 2.91 bits per heavy atom. The molecule has 0 spiro atoms. The second kappa shape index (κ2) is 3.76. The van der Waals surface area contributed by atoms with Crippen molar-refractivity contribution in [3.05, 3.63) is 0 Å². The van der Waals surface area contributed by atoms with E-state index in [1.165, 1.54) is 0 Å². The molecule has 0 aromatic carbocycles. The van der Waals surface area contributed by atoms with Gasteiger partial charge in [0.15, 0.2) is 11.9 Å². The Bertz CT molecular complexity index is 191. The highest BCUT2D eigenvalue weighted by Crippen LogP contribution is 2.12. The molecule has 0 saturated heterocycles. The van der Waals surface area contributed by atoms with Gasteiger partial charge in [-0.15, -0.1) is 0 Å². The van der Waals surface area contributed by atoms with Gasteiger partial charge in [-0.2, -0.15) is 11.8 Å². The quantitative estimate of drug-likeness (QED) is 0.599. The Morgan fingerprint density at radius 1 is 1.73 bits per heavy atom. The van der Waals surface area contributed by atoms with Crippen LogP contribution in [0, 0.1) is 0 Å². The first-order valence-corrected chi connectivity index (χ1v) is 4.88. The highest BCUT2D eigenvalue weighted by atomic mass is 32.2. The number of nitrogens with zero attached hydrogens (tertiary/aromatic N) is 1. The van der Waals surface area contributed by atoms with Crippen molar-refractivity contribution in [3.63, 3.8) is 0 Å². The summed E-state index contributed by atoms with van der Waals surface area (Å²) < 4.78 is 4.77. The van der Waals surface area contributed by atoms with E-state index in [1.807, 2.05) is 6.26 Å². The Balaban J connectivity index is 2.39. The van der Waals surface area contributed by atoms with Crippen LogP contribution < -0.4 is 0 Å². The zero-order chi connectivity index (χ0) is 8.27. The molecule has 0 aromatic heterocycles. The van der Waals surface area contributed by atoms with E-state index in [0.717, 1.165) is 12.2 Å². The molecule has 1 rings (SSSR count). The molecule has 4 heteroatoms. The molecule has 0 aliphatic carbocycles. The predicted octanol–water partition coefficient (Wildman–Crippen LogP) is 1.08. The Hall–Kier alpha value is -0.510. The van der Waals surface area contributed by atoms with Crippen molar-refractivity contribution >= 4 is 23.6 Å². The first-order chi connectivity index (χ1) is 5.24. The fourth-order valence-electron chi connectivity index (χ4n) is 0.924. The van der Waals surface area contributed by atoms with E-state index in [9.17, 15) is 4.79 Å². The van der Waals surface area contributed by atoms with Gasteiger partial charge in [0, 0.05) is 6.92 Å². The molecule has 0 amide bonds. The molecule has 0 fully saturated rings. The van der Waals surface area contributed by atoms with E-state index in [-0.39, 0.29) is 12.0 Å². The molecule has 1 unspecified atom stereocenters. The van der Waals surface area contributed by atoms with Crippen LogP contribution in [0.5, 0.6) is 0 Å². The van der Waals surface area contributed by atoms with E-state index >= 15 is 0 Å². The highest BCUT2D eigenvalue weighted by molar-refractivity contribution is 7.98. The lowest BCUT2D eigenvalue weighted by Crippen LogP contribution is -2.15. The zero-order valence-electron chi connectivity index (χ0n) is 6.66. The Labute approximate surface area is 70.2 Å². The summed E-state index contributed by atoms with van der Waals surface area (Å²) in [4.78, 5) is 15.0. The molecule has 0 bridgehead atoms. The van der Waals surface area contributed by atoms with Crippen molar-refractivity contribution in [3.8, 4) is 0 Å². The fourth-order valence-corrected chi connectivity index (χ4v) is 1.38. The van der Waals surface area contributed by atoms with Gasteiger partial charge in [-0.1, -0.05) is 0 Å². The normalized spacial score (nSPS) is 23.3. The van der Waals surface area contributed by atoms with Crippen molar-refractivity contribution < 1.29 is 9.53 Å². The first-order valence-electron chi connectivity index (χ1n) is 3.49. The summed E-state index contributed by atoms with van der Waals surface area (Å²) in [6.45, 7) is 1.71. The van der Waals surface area contributed by atoms with Crippen molar-refractivity contribution in [2.24, 2.45) is 4.99 Å². The van der Waals surface area contributed by atoms with Gasteiger partial charge < -0.3 is 4.74 Å². The number of thioether (sulfide) groups is 1. The highest BCUT2D eigenvalue weighted by Gasteiger charge is 2.25.